The van der Waals surface area contributed by atoms with Gasteiger partial charge in [0.05, 0.1) is 12.0 Å². The molecule has 2 heterocycles. The van der Waals surface area contributed by atoms with E-state index in [-0.39, 0.29) is 18.3 Å². The number of halogens is 2. The Morgan fingerprint density at radius 3 is 2.61 bits per heavy atom. The molecule has 1 unspecified atom stereocenters. The summed E-state index contributed by atoms with van der Waals surface area (Å²) in [6.07, 6.45) is 2.42. The number of fused-ring (bicyclic) bond motifs is 1. The van der Waals surface area contributed by atoms with E-state index in [0.717, 1.165) is 18.4 Å². The van der Waals surface area contributed by atoms with E-state index in [1.54, 1.807) is 24.3 Å². The molecule has 8 nitrogen and oxygen atoms in total. The number of hydrogen-bond acceptors (Lipinski definition) is 7. The number of ether oxygens (including phenoxy) is 1. The minimum atomic E-state index is -2.57. The van der Waals surface area contributed by atoms with Crippen molar-refractivity contribution in [2.45, 2.75) is 64.0 Å². The maximum absolute atomic E-state index is 16.4. The number of carbonyl (C=O) groups is 2. The summed E-state index contributed by atoms with van der Waals surface area (Å²) in [6.45, 7) is 2.67. The van der Waals surface area contributed by atoms with E-state index < -0.39 is 29.8 Å². The second-order valence-corrected chi connectivity index (χ2v) is 10.2. The molecule has 1 aliphatic carbocycles. The van der Waals surface area contributed by atoms with E-state index in [1.807, 2.05) is 6.92 Å². The molecule has 2 N–H and O–H groups in total. The summed E-state index contributed by atoms with van der Waals surface area (Å²) in [4.78, 5) is 30.5. The normalized spacial score (nSPS) is 21.9. The molecule has 1 atom stereocenters. The van der Waals surface area contributed by atoms with E-state index in [4.69, 9.17) is 9.15 Å². The zero-order valence-corrected chi connectivity index (χ0v) is 21.2. The summed E-state index contributed by atoms with van der Waals surface area (Å²) in [5, 5.41) is 12.2. The van der Waals surface area contributed by atoms with Gasteiger partial charge < -0.3 is 19.6 Å². The van der Waals surface area contributed by atoms with Gasteiger partial charge in [0.1, 0.15) is 11.3 Å². The largest absolute Gasteiger partial charge is 0.481 e. The lowest BCUT2D eigenvalue weighted by Crippen LogP contribution is -2.54. The average molecular weight is 528 g/mol. The summed E-state index contributed by atoms with van der Waals surface area (Å²) in [5.74, 6) is -4.97. The predicted molar refractivity (Wildman–Crippen MR) is 136 cm³/mol. The number of Topliss-reactive ketones (excluding diaryl/α,β-unsaturated/α-hetero) is 1. The van der Waals surface area contributed by atoms with Crippen LogP contribution < -0.4 is 5.32 Å². The monoisotopic (exact) mass is 527 g/mol. The SMILES string of the molecule is Cc1ccc(F)cc1Nc1nc2ccc(CC(=O)C(F)(O[C@H]3CC[C@H](C(=O)O)CC3)N3CCCC3)cc2o1. The van der Waals surface area contributed by atoms with Crippen LogP contribution in [0.5, 0.6) is 0 Å². The first kappa shape index (κ1) is 26.2. The highest BCUT2D eigenvalue weighted by Gasteiger charge is 2.48. The van der Waals surface area contributed by atoms with E-state index in [2.05, 4.69) is 10.3 Å². The maximum atomic E-state index is 16.4. The lowest BCUT2D eigenvalue weighted by Gasteiger charge is -2.37. The van der Waals surface area contributed by atoms with Crippen molar-refractivity contribution in [1.82, 2.24) is 9.88 Å². The van der Waals surface area contributed by atoms with Crippen LogP contribution >= 0.6 is 0 Å². The molecule has 1 aromatic heterocycles. The molecule has 3 aromatic rings. The molecule has 0 bridgehead atoms. The Morgan fingerprint density at radius 2 is 1.89 bits per heavy atom. The minimum Gasteiger partial charge on any atom is -0.481 e. The van der Waals surface area contributed by atoms with E-state index in [1.165, 1.54) is 17.0 Å². The summed E-state index contributed by atoms with van der Waals surface area (Å²) in [6, 6.07) is 9.57. The number of likely N-dealkylation sites (tertiary alicyclic amines) is 1. The predicted octanol–water partition coefficient (Wildman–Crippen LogP) is 5.51. The number of nitrogens with one attached hydrogen (secondary N) is 1. The van der Waals surface area contributed by atoms with Crippen LogP contribution in [0.1, 0.15) is 49.7 Å². The number of aryl methyl sites for hydroxylation is 1. The lowest BCUT2D eigenvalue weighted by molar-refractivity contribution is -0.252. The van der Waals surface area contributed by atoms with Crippen LogP contribution in [0.4, 0.5) is 20.5 Å². The molecule has 5 rings (SSSR count). The minimum absolute atomic E-state index is 0.175. The van der Waals surface area contributed by atoms with E-state index in [9.17, 15) is 19.1 Å². The summed E-state index contributed by atoms with van der Waals surface area (Å²) in [7, 11) is 0. The van der Waals surface area contributed by atoms with Crippen LogP contribution in [0.3, 0.4) is 0 Å². The van der Waals surface area contributed by atoms with Crippen molar-refractivity contribution in [3.05, 3.63) is 53.3 Å². The summed E-state index contributed by atoms with van der Waals surface area (Å²) in [5.41, 5.74) is 2.83. The molecule has 2 aromatic carbocycles. The fraction of sp³-hybridized carbons (Fsp3) is 0.464. The van der Waals surface area contributed by atoms with Crippen LogP contribution in [0, 0.1) is 18.7 Å². The fourth-order valence-corrected chi connectivity index (χ4v) is 5.24. The van der Waals surface area contributed by atoms with E-state index >= 15 is 4.39 Å². The van der Waals surface area contributed by atoms with Gasteiger partial charge >= 0.3 is 11.9 Å². The first-order valence-electron chi connectivity index (χ1n) is 13.0. The van der Waals surface area contributed by atoms with Crippen molar-refractivity contribution in [3.63, 3.8) is 0 Å². The number of carboxylic acid groups (broad SMARTS) is 1. The molecule has 202 valence electrons. The zero-order valence-electron chi connectivity index (χ0n) is 21.2. The fourth-order valence-electron chi connectivity index (χ4n) is 5.24. The van der Waals surface area contributed by atoms with Gasteiger partial charge in [0, 0.05) is 25.2 Å². The van der Waals surface area contributed by atoms with Gasteiger partial charge in [0.25, 0.3) is 6.01 Å². The zero-order chi connectivity index (χ0) is 26.9. The van der Waals surface area contributed by atoms with Gasteiger partial charge in [0.15, 0.2) is 5.58 Å². The molecule has 2 aliphatic rings. The number of nitrogens with zero attached hydrogens (tertiary/aromatic N) is 2. The summed E-state index contributed by atoms with van der Waals surface area (Å²) < 4.78 is 41.7. The Bertz CT molecular complexity index is 1330. The maximum Gasteiger partial charge on any atom is 0.330 e. The van der Waals surface area contributed by atoms with Crippen molar-refractivity contribution < 1.29 is 32.6 Å². The van der Waals surface area contributed by atoms with Gasteiger partial charge in [-0.25, -0.2) is 9.29 Å². The topological polar surface area (TPSA) is 105 Å². The number of rotatable bonds is 9. The van der Waals surface area contributed by atoms with Gasteiger partial charge in [-0.2, -0.15) is 9.37 Å². The van der Waals surface area contributed by atoms with Gasteiger partial charge in [-0.15, -0.1) is 0 Å². The van der Waals surface area contributed by atoms with Crippen LogP contribution in [-0.2, 0) is 20.7 Å². The number of benzene rings is 2. The van der Waals surface area contributed by atoms with Gasteiger partial charge in [0.2, 0.25) is 5.78 Å². The molecule has 1 saturated heterocycles. The number of hydrogen-bond donors (Lipinski definition) is 2. The molecular formula is C28H31F2N3O5. The number of anilines is 2. The number of alkyl halides is 1. The number of carboxylic acids is 1. The Kier molecular flexibility index (Phi) is 7.45. The molecule has 38 heavy (non-hydrogen) atoms. The third kappa shape index (κ3) is 5.56. The Morgan fingerprint density at radius 1 is 1.16 bits per heavy atom. The third-order valence-electron chi connectivity index (χ3n) is 7.46. The molecular weight excluding hydrogens is 496 g/mol. The number of carbonyl (C=O) groups excluding carboxylic acids is 1. The highest BCUT2D eigenvalue weighted by molar-refractivity contribution is 5.88. The smallest absolute Gasteiger partial charge is 0.330 e. The Labute approximate surface area is 219 Å². The van der Waals surface area contributed by atoms with E-state index in [0.29, 0.717) is 61.1 Å². The van der Waals surface area contributed by atoms with Crippen molar-refractivity contribution in [2.75, 3.05) is 18.4 Å². The second-order valence-electron chi connectivity index (χ2n) is 10.2. The van der Waals surface area contributed by atoms with Crippen molar-refractivity contribution in [1.29, 1.82) is 0 Å². The number of ketones is 1. The Balaban J connectivity index is 1.31. The van der Waals surface area contributed by atoms with Crippen molar-refractivity contribution in [3.8, 4) is 0 Å². The number of oxazole rings is 1. The lowest BCUT2D eigenvalue weighted by atomic mass is 9.87. The average Bonchev–Trinajstić information content (AvgIpc) is 3.57. The quantitative estimate of drug-likeness (QED) is 0.351. The first-order chi connectivity index (χ1) is 18.2. The number of aromatic nitrogens is 1. The molecule has 0 amide bonds. The molecule has 0 spiro atoms. The highest BCUT2D eigenvalue weighted by atomic mass is 19.2. The van der Waals surface area contributed by atoms with Crippen LogP contribution in [0.2, 0.25) is 0 Å². The van der Waals surface area contributed by atoms with Crippen LogP contribution in [0.25, 0.3) is 11.1 Å². The molecule has 0 radical (unpaired) electrons. The standard InChI is InChI=1S/C28H31F2N3O5/c1-17-4-8-20(29)16-23(17)32-27-31-22-11-5-18(14-24(22)37-27)15-25(34)28(30,33-12-2-3-13-33)38-21-9-6-19(7-10-21)26(35)36/h4-5,8,11,14,16,19,21H,2-3,6-7,9-10,12-13,15H2,1H3,(H,31,32)(H,35,36)/t19-,21-,28?. The first-order valence-corrected chi connectivity index (χ1v) is 13.0. The van der Waals surface area contributed by atoms with Crippen molar-refractivity contribution >= 4 is 34.6 Å². The molecule has 2 fully saturated rings. The van der Waals surface area contributed by atoms with Crippen molar-refractivity contribution in [2.24, 2.45) is 5.92 Å². The molecule has 1 aliphatic heterocycles. The third-order valence-corrected chi connectivity index (χ3v) is 7.46. The van der Waals surface area contributed by atoms with Gasteiger partial charge in [-0.05, 0) is 80.8 Å². The van der Waals surface area contributed by atoms with Crippen LogP contribution in [0.15, 0.2) is 40.8 Å². The summed E-state index contributed by atoms with van der Waals surface area (Å²) >= 11 is 0. The number of aliphatic carboxylic acids is 1. The van der Waals surface area contributed by atoms with Crippen LogP contribution in [-0.4, -0.2) is 51.9 Å². The Hall–Kier alpha value is -3.37. The molecule has 10 heteroatoms. The highest BCUT2D eigenvalue weighted by Crippen LogP contribution is 2.35. The molecule has 1 saturated carbocycles. The van der Waals surface area contributed by atoms with Gasteiger partial charge in [-0.1, -0.05) is 12.1 Å². The second kappa shape index (κ2) is 10.8. The van der Waals surface area contributed by atoms with Gasteiger partial charge in [-0.3, -0.25) is 9.59 Å².